The molecule has 1 heterocycles. The van der Waals surface area contributed by atoms with Crippen molar-refractivity contribution in [1.29, 1.82) is 0 Å². The number of esters is 1. The van der Waals surface area contributed by atoms with Crippen molar-refractivity contribution in [3.63, 3.8) is 0 Å². The molecule has 2 aromatic rings. The lowest BCUT2D eigenvalue weighted by Crippen LogP contribution is -2.15. The summed E-state index contributed by atoms with van der Waals surface area (Å²) in [7, 11) is 0. The smallest absolute Gasteiger partial charge is 0.309 e. The first-order valence-electron chi connectivity index (χ1n) is 7.25. The lowest BCUT2D eigenvalue weighted by molar-refractivity contribution is -0.145. The molecule has 4 nitrogen and oxygen atoms in total. The number of carbonyl (C=O) groups is 2. The fourth-order valence-corrected chi connectivity index (χ4v) is 2.63. The van der Waals surface area contributed by atoms with Gasteiger partial charge in [-0.1, -0.05) is 36.4 Å². The molecule has 0 fully saturated rings. The van der Waals surface area contributed by atoms with Gasteiger partial charge in [-0.15, -0.1) is 0 Å². The van der Waals surface area contributed by atoms with E-state index in [0.29, 0.717) is 23.5 Å². The van der Waals surface area contributed by atoms with Crippen LogP contribution in [-0.2, 0) is 9.53 Å². The normalized spacial score (nSPS) is 16.0. The lowest BCUT2D eigenvalue weighted by atomic mass is 9.95. The van der Waals surface area contributed by atoms with Crippen molar-refractivity contribution >= 4 is 11.8 Å². The molecule has 1 unspecified atom stereocenters. The topological polar surface area (TPSA) is 52.6 Å². The molecule has 2 aromatic carbocycles. The van der Waals surface area contributed by atoms with E-state index >= 15 is 0 Å². The zero-order valence-corrected chi connectivity index (χ0v) is 12.2. The number of carbonyl (C=O) groups excluding carboxylic acids is 2. The molecule has 0 amide bonds. The van der Waals surface area contributed by atoms with Crippen LogP contribution in [-0.4, -0.2) is 18.4 Å². The van der Waals surface area contributed by atoms with E-state index in [1.165, 1.54) is 0 Å². The summed E-state index contributed by atoms with van der Waals surface area (Å²) < 4.78 is 11.0. The minimum atomic E-state index is -0.525. The van der Waals surface area contributed by atoms with Crippen LogP contribution in [0.2, 0.25) is 0 Å². The van der Waals surface area contributed by atoms with Crippen LogP contribution in [0.15, 0.2) is 48.5 Å². The van der Waals surface area contributed by atoms with E-state index in [1.807, 2.05) is 24.3 Å². The summed E-state index contributed by atoms with van der Waals surface area (Å²) >= 11 is 0. The van der Waals surface area contributed by atoms with Gasteiger partial charge in [-0.3, -0.25) is 9.59 Å². The summed E-state index contributed by atoms with van der Waals surface area (Å²) in [6.45, 7) is 2.08. The number of hydrogen-bond donors (Lipinski definition) is 0. The Morgan fingerprint density at radius 1 is 1.09 bits per heavy atom. The van der Waals surface area contributed by atoms with E-state index in [-0.39, 0.29) is 18.2 Å². The van der Waals surface area contributed by atoms with Gasteiger partial charge in [0.2, 0.25) is 0 Å². The van der Waals surface area contributed by atoms with Crippen LogP contribution in [0.5, 0.6) is 5.75 Å². The number of rotatable bonds is 3. The Kier molecular flexibility index (Phi) is 3.92. The molecule has 22 heavy (non-hydrogen) atoms. The zero-order valence-electron chi connectivity index (χ0n) is 12.2. The van der Waals surface area contributed by atoms with Gasteiger partial charge in [-0.2, -0.15) is 0 Å². The standard InChI is InChI=1S/C18H16O4/c1-2-21-17(19)11-16-12-7-3-4-8-13(12)18(20)14-9-5-6-10-15(14)22-16/h3-10,16H,2,11H2,1H3. The van der Waals surface area contributed by atoms with E-state index in [9.17, 15) is 9.59 Å². The molecule has 0 N–H and O–H groups in total. The van der Waals surface area contributed by atoms with Gasteiger partial charge in [0.15, 0.2) is 5.78 Å². The van der Waals surface area contributed by atoms with Crippen molar-refractivity contribution < 1.29 is 19.1 Å². The van der Waals surface area contributed by atoms with Crippen molar-refractivity contribution in [3.8, 4) is 5.75 Å². The van der Waals surface area contributed by atoms with Crippen LogP contribution in [0.3, 0.4) is 0 Å². The van der Waals surface area contributed by atoms with E-state index in [4.69, 9.17) is 9.47 Å². The lowest BCUT2D eigenvalue weighted by Gasteiger charge is -2.18. The van der Waals surface area contributed by atoms with Crippen molar-refractivity contribution in [3.05, 3.63) is 65.2 Å². The highest BCUT2D eigenvalue weighted by molar-refractivity contribution is 6.12. The molecule has 0 bridgehead atoms. The van der Waals surface area contributed by atoms with Crippen LogP contribution in [0.25, 0.3) is 0 Å². The minimum absolute atomic E-state index is 0.0759. The maximum atomic E-state index is 12.7. The molecule has 0 radical (unpaired) electrons. The van der Waals surface area contributed by atoms with E-state index in [2.05, 4.69) is 0 Å². The van der Waals surface area contributed by atoms with Gasteiger partial charge in [-0.25, -0.2) is 0 Å². The summed E-state index contributed by atoms with van der Waals surface area (Å²) in [4.78, 5) is 24.5. The van der Waals surface area contributed by atoms with Gasteiger partial charge in [-0.05, 0) is 19.1 Å². The predicted molar refractivity (Wildman–Crippen MR) is 80.9 cm³/mol. The molecule has 3 rings (SSSR count). The summed E-state index contributed by atoms with van der Waals surface area (Å²) in [5.41, 5.74) is 1.81. The van der Waals surface area contributed by atoms with Crippen molar-refractivity contribution in [1.82, 2.24) is 0 Å². The van der Waals surface area contributed by atoms with E-state index in [1.54, 1.807) is 31.2 Å². The number of fused-ring (bicyclic) bond motifs is 2. The van der Waals surface area contributed by atoms with Gasteiger partial charge >= 0.3 is 5.97 Å². The second-order valence-corrected chi connectivity index (χ2v) is 5.03. The van der Waals surface area contributed by atoms with Crippen LogP contribution in [0.4, 0.5) is 0 Å². The van der Waals surface area contributed by atoms with Crippen LogP contribution < -0.4 is 4.74 Å². The molecule has 1 atom stereocenters. The van der Waals surface area contributed by atoms with Gasteiger partial charge in [0, 0.05) is 11.1 Å². The Morgan fingerprint density at radius 3 is 2.55 bits per heavy atom. The fourth-order valence-electron chi connectivity index (χ4n) is 2.63. The molecule has 0 saturated carbocycles. The number of benzene rings is 2. The average Bonchev–Trinajstić information content (AvgIpc) is 2.65. The molecule has 0 saturated heterocycles. The molecule has 1 aliphatic rings. The highest BCUT2D eigenvalue weighted by atomic mass is 16.5. The molecule has 0 aromatic heterocycles. The second-order valence-electron chi connectivity index (χ2n) is 5.03. The first-order valence-corrected chi connectivity index (χ1v) is 7.25. The summed E-state index contributed by atoms with van der Waals surface area (Å²) in [5.74, 6) is 0.0738. The molecule has 4 heteroatoms. The Balaban J connectivity index is 2.05. The quantitative estimate of drug-likeness (QED) is 0.815. The van der Waals surface area contributed by atoms with E-state index < -0.39 is 6.10 Å². The summed E-state index contributed by atoms with van der Waals surface area (Å²) in [5, 5.41) is 0. The van der Waals surface area contributed by atoms with Crippen molar-refractivity contribution in [2.45, 2.75) is 19.4 Å². The van der Waals surface area contributed by atoms with Gasteiger partial charge in [0.25, 0.3) is 0 Å². The van der Waals surface area contributed by atoms with Gasteiger partial charge in [0.05, 0.1) is 18.6 Å². The first kappa shape index (κ1) is 14.3. The monoisotopic (exact) mass is 296 g/mol. The average molecular weight is 296 g/mol. The molecule has 112 valence electrons. The maximum Gasteiger partial charge on any atom is 0.309 e. The van der Waals surface area contributed by atoms with Gasteiger partial charge in [0.1, 0.15) is 11.9 Å². The third kappa shape index (κ3) is 2.60. The number of ether oxygens (including phenoxy) is 2. The SMILES string of the molecule is CCOC(=O)CC1Oc2ccccc2C(=O)c2ccccc21. The molecular weight excluding hydrogens is 280 g/mol. The fraction of sp³-hybridized carbons (Fsp3) is 0.222. The van der Waals surface area contributed by atoms with Crippen LogP contribution in [0, 0.1) is 0 Å². The zero-order chi connectivity index (χ0) is 15.5. The molecule has 1 aliphatic heterocycles. The highest BCUT2D eigenvalue weighted by Gasteiger charge is 2.29. The minimum Gasteiger partial charge on any atom is -0.484 e. The number of para-hydroxylation sites is 1. The summed E-state index contributed by atoms with van der Waals surface area (Å²) in [6, 6.07) is 14.3. The first-order chi connectivity index (χ1) is 10.7. The maximum absolute atomic E-state index is 12.7. The third-order valence-electron chi connectivity index (χ3n) is 3.61. The second kappa shape index (κ2) is 6.02. The number of ketones is 1. The van der Waals surface area contributed by atoms with Crippen LogP contribution >= 0.6 is 0 Å². The largest absolute Gasteiger partial charge is 0.484 e. The Labute approximate surface area is 128 Å². The Hall–Kier alpha value is -2.62. The summed E-state index contributed by atoms with van der Waals surface area (Å²) in [6.07, 6.45) is -0.449. The number of hydrogen-bond acceptors (Lipinski definition) is 4. The van der Waals surface area contributed by atoms with Gasteiger partial charge < -0.3 is 9.47 Å². The molecule has 0 aliphatic carbocycles. The van der Waals surface area contributed by atoms with Crippen molar-refractivity contribution in [2.75, 3.05) is 6.61 Å². The Bertz CT molecular complexity index is 721. The molecular formula is C18H16O4. The van der Waals surface area contributed by atoms with E-state index in [0.717, 1.165) is 5.56 Å². The third-order valence-corrected chi connectivity index (χ3v) is 3.61. The molecule has 0 spiro atoms. The Morgan fingerprint density at radius 2 is 1.77 bits per heavy atom. The van der Waals surface area contributed by atoms with Crippen LogP contribution in [0.1, 0.15) is 40.9 Å². The highest BCUT2D eigenvalue weighted by Crippen LogP contribution is 2.35. The van der Waals surface area contributed by atoms with Crippen molar-refractivity contribution in [2.24, 2.45) is 0 Å². The predicted octanol–water partition coefficient (Wildman–Crippen LogP) is 3.30.